The lowest BCUT2D eigenvalue weighted by atomic mass is 9.95. The van der Waals surface area contributed by atoms with Crippen LogP contribution in [0.4, 0.5) is 5.69 Å². The van der Waals surface area contributed by atoms with E-state index >= 15 is 0 Å². The summed E-state index contributed by atoms with van der Waals surface area (Å²) in [5.41, 5.74) is 6.79. The molecular weight excluding hydrogens is 336 g/mol. The molecule has 2 heterocycles. The van der Waals surface area contributed by atoms with Crippen molar-refractivity contribution in [2.24, 2.45) is 5.10 Å². The Morgan fingerprint density at radius 1 is 1.20 bits per heavy atom. The van der Waals surface area contributed by atoms with Crippen LogP contribution in [0.3, 0.4) is 0 Å². The number of rotatable bonds is 2. The van der Waals surface area contributed by atoms with Gasteiger partial charge in [-0.15, -0.1) is 0 Å². The second-order valence-corrected chi connectivity index (χ2v) is 7.24. The molecule has 6 heteroatoms. The molecule has 1 aromatic heterocycles. The SMILES string of the molecule is CC1CC/C(=N/Nc2ccc(Cl)cc2)c2nc3c(c(=O)n21)CCCC3. The van der Waals surface area contributed by atoms with Gasteiger partial charge >= 0.3 is 0 Å². The van der Waals surface area contributed by atoms with Gasteiger partial charge in [-0.25, -0.2) is 4.98 Å². The zero-order valence-corrected chi connectivity index (χ0v) is 15.0. The summed E-state index contributed by atoms with van der Waals surface area (Å²) < 4.78 is 1.84. The smallest absolute Gasteiger partial charge is 0.257 e. The van der Waals surface area contributed by atoms with Gasteiger partial charge in [0.1, 0.15) is 5.71 Å². The first-order valence-corrected chi connectivity index (χ1v) is 9.24. The summed E-state index contributed by atoms with van der Waals surface area (Å²) in [7, 11) is 0. The minimum absolute atomic E-state index is 0.131. The molecule has 1 N–H and O–H groups in total. The molecule has 0 fully saturated rings. The van der Waals surface area contributed by atoms with Gasteiger partial charge in [-0.1, -0.05) is 11.6 Å². The van der Waals surface area contributed by atoms with Crippen molar-refractivity contribution < 1.29 is 0 Å². The van der Waals surface area contributed by atoms with E-state index in [-0.39, 0.29) is 11.6 Å². The number of anilines is 1. The summed E-state index contributed by atoms with van der Waals surface area (Å²) in [6.45, 7) is 2.09. The van der Waals surface area contributed by atoms with Crippen molar-refractivity contribution in [3.8, 4) is 0 Å². The van der Waals surface area contributed by atoms with E-state index in [9.17, 15) is 4.79 Å². The molecule has 25 heavy (non-hydrogen) atoms. The summed E-state index contributed by atoms with van der Waals surface area (Å²) >= 11 is 5.92. The number of hydrazone groups is 1. The molecule has 5 nitrogen and oxygen atoms in total. The molecule has 0 saturated carbocycles. The average Bonchev–Trinajstić information content (AvgIpc) is 2.63. The van der Waals surface area contributed by atoms with Crippen LogP contribution in [0.2, 0.25) is 5.02 Å². The molecule has 1 unspecified atom stereocenters. The minimum atomic E-state index is 0.131. The summed E-state index contributed by atoms with van der Waals surface area (Å²) in [5, 5.41) is 5.24. The van der Waals surface area contributed by atoms with Gasteiger partial charge in [-0.05, 0) is 69.7 Å². The highest BCUT2D eigenvalue weighted by molar-refractivity contribution is 6.30. The van der Waals surface area contributed by atoms with Gasteiger partial charge in [0.2, 0.25) is 0 Å². The van der Waals surface area contributed by atoms with E-state index < -0.39 is 0 Å². The van der Waals surface area contributed by atoms with E-state index in [2.05, 4.69) is 17.5 Å². The van der Waals surface area contributed by atoms with E-state index in [1.54, 1.807) is 0 Å². The number of halogens is 1. The lowest BCUT2D eigenvalue weighted by molar-refractivity contribution is 0.460. The highest BCUT2D eigenvalue weighted by atomic mass is 35.5. The van der Waals surface area contributed by atoms with Crippen LogP contribution in [-0.2, 0) is 12.8 Å². The van der Waals surface area contributed by atoms with Crippen molar-refractivity contribution in [1.82, 2.24) is 9.55 Å². The van der Waals surface area contributed by atoms with Crippen LogP contribution in [0.25, 0.3) is 0 Å². The Hall–Kier alpha value is -2.14. The normalized spacial score (nSPS) is 20.9. The first kappa shape index (κ1) is 16.3. The number of aromatic nitrogens is 2. The second kappa shape index (κ2) is 6.64. The monoisotopic (exact) mass is 356 g/mol. The summed E-state index contributed by atoms with van der Waals surface area (Å²) in [5.74, 6) is 0.728. The Kier molecular flexibility index (Phi) is 4.34. The molecule has 1 aliphatic carbocycles. The van der Waals surface area contributed by atoms with E-state index in [1.165, 1.54) is 0 Å². The van der Waals surface area contributed by atoms with Gasteiger partial charge in [-0.3, -0.25) is 14.8 Å². The predicted molar refractivity (Wildman–Crippen MR) is 101 cm³/mol. The van der Waals surface area contributed by atoms with Crippen LogP contribution >= 0.6 is 11.6 Å². The Morgan fingerprint density at radius 3 is 2.76 bits per heavy atom. The number of nitrogens with zero attached hydrogens (tertiary/aromatic N) is 3. The lowest BCUT2D eigenvalue weighted by Gasteiger charge is -2.28. The quantitative estimate of drug-likeness (QED) is 0.829. The number of fused-ring (bicyclic) bond motifs is 2. The Balaban J connectivity index is 1.74. The average molecular weight is 357 g/mol. The molecule has 0 radical (unpaired) electrons. The van der Waals surface area contributed by atoms with Gasteiger partial charge in [0.05, 0.1) is 11.4 Å². The molecule has 130 valence electrons. The van der Waals surface area contributed by atoms with E-state index in [0.717, 1.165) is 67.0 Å². The number of nitrogens with one attached hydrogen (secondary N) is 1. The number of hydrogen-bond donors (Lipinski definition) is 1. The first-order chi connectivity index (χ1) is 12.1. The Bertz CT molecular complexity index is 886. The maximum Gasteiger partial charge on any atom is 0.257 e. The van der Waals surface area contributed by atoms with Gasteiger partial charge in [0, 0.05) is 16.6 Å². The molecule has 0 bridgehead atoms. The van der Waals surface area contributed by atoms with Gasteiger partial charge < -0.3 is 0 Å². The predicted octanol–water partition coefficient (Wildman–Crippen LogP) is 3.95. The fraction of sp³-hybridized carbons (Fsp3) is 0.421. The lowest BCUT2D eigenvalue weighted by Crippen LogP contribution is -2.38. The van der Waals surface area contributed by atoms with Crippen LogP contribution in [0, 0.1) is 0 Å². The van der Waals surface area contributed by atoms with Crippen molar-refractivity contribution in [2.45, 2.75) is 51.5 Å². The fourth-order valence-electron chi connectivity index (χ4n) is 3.63. The van der Waals surface area contributed by atoms with Gasteiger partial charge in [0.15, 0.2) is 5.82 Å². The van der Waals surface area contributed by atoms with Crippen molar-refractivity contribution in [3.05, 3.63) is 56.7 Å². The van der Waals surface area contributed by atoms with Crippen molar-refractivity contribution in [2.75, 3.05) is 5.43 Å². The van der Waals surface area contributed by atoms with Crippen molar-refractivity contribution >= 4 is 23.0 Å². The Labute approximate surface area is 151 Å². The van der Waals surface area contributed by atoms with Crippen LogP contribution in [0.15, 0.2) is 34.2 Å². The summed E-state index contributed by atoms with van der Waals surface area (Å²) in [6, 6.07) is 7.56. The minimum Gasteiger partial charge on any atom is -0.288 e. The van der Waals surface area contributed by atoms with Crippen molar-refractivity contribution in [3.63, 3.8) is 0 Å². The molecule has 1 atom stereocenters. The van der Waals surface area contributed by atoms with Crippen LogP contribution < -0.4 is 11.0 Å². The van der Waals surface area contributed by atoms with E-state index in [0.29, 0.717) is 5.02 Å². The van der Waals surface area contributed by atoms with E-state index in [4.69, 9.17) is 16.6 Å². The summed E-state index contributed by atoms with van der Waals surface area (Å²) in [4.78, 5) is 17.8. The molecular formula is C19H21ClN4O. The number of benzene rings is 1. The zero-order valence-electron chi connectivity index (χ0n) is 14.3. The largest absolute Gasteiger partial charge is 0.288 e. The first-order valence-electron chi connectivity index (χ1n) is 8.86. The van der Waals surface area contributed by atoms with E-state index in [1.807, 2.05) is 28.8 Å². The molecule has 4 rings (SSSR count). The highest BCUT2D eigenvalue weighted by Crippen LogP contribution is 2.25. The Morgan fingerprint density at radius 2 is 1.96 bits per heavy atom. The molecule has 0 amide bonds. The summed E-state index contributed by atoms with van der Waals surface area (Å²) in [6.07, 6.45) is 5.64. The molecule has 2 aliphatic rings. The van der Waals surface area contributed by atoms with Gasteiger partial charge in [-0.2, -0.15) is 5.10 Å². The molecule has 1 aliphatic heterocycles. The van der Waals surface area contributed by atoms with Crippen LogP contribution in [0.5, 0.6) is 0 Å². The number of aryl methyl sites for hydroxylation is 1. The molecule has 0 spiro atoms. The number of hydrogen-bond acceptors (Lipinski definition) is 4. The zero-order chi connectivity index (χ0) is 17.4. The molecule has 1 aromatic carbocycles. The fourth-order valence-corrected chi connectivity index (χ4v) is 3.75. The maximum atomic E-state index is 13.0. The topological polar surface area (TPSA) is 59.3 Å². The molecule has 2 aromatic rings. The second-order valence-electron chi connectivity index (χ2n) is 6.81. The standard InChI is InChI=1S/C19H21ClN4O/c1-12-6-11-17(23-22-14-9-7-13(20)8-10-14)18-21-16-5-3-2-4-15(16)19(25)24(12)18/h7-10,12,22H,2-6,11H2,1H3/b23-17-. The third-order valence-electron chi connectivity index (χ3n) is 5.05. The van der Waals surface area contributed by atoms with Crippen LogP contribution in [-0.4, -0.2) is 15.3 Å². The molecule has 0 saturated heterocycles. The maximum absolute atomic E-state index is 13.0. The third-order valence-corrected chi connectivity index (χ3v) is 5.30. The van der Waals surface area contributed by atoms with Crippen molar-refractivity contribution in [1.29, 1.82) is 0 Å². The van der Waals surface area contributed by atoms with Gasteiger partial charge in [0.25, 0.3) is 5.56 Å². The third kappa shape index (κ3) is 3.09. The van der Waals surface area contributed by atoms with Crippen LogP contribution in [0.1, 0.15) is 55.7 Å². The highest BCUT2D eigenvalue weighted by Gasteiger charge is 2.27.